The van der Waals surface area contributed by atoms with Crippen LogP contribution in [0.1, 0.15) is 11.3 Å². The lowest BCUT2D eigenvalue weighted by Gasteiger charge is -2.03. The van der Waals surface area contributed by atoms with E-state index in [4.69, 9.17) is 0 Å². The van der Waals surface area contributed by atoms with Gasteiger partial charge in [-0.25, -0.2) is 9.37 Å². The van der Waals surface area contributed by atoms with Gasteiger partial charge in [-0.05, 0) is 35.9 Å². The van der Waals surface area contributed by atoms with Gasteiger partial charge < -0.3 is 0 Å². The van der Waals surface area contributed by atoms with Crippen molar-refractivity contribution in [1.29, 1.82) is 0 Å². The van der Waals surface area contributed by atoms with E-state index in [2.05, 4.69) is 15.8 Å². The van der Waals surface area contributed by atoms with Gasteiger partial charge in [-0.3, -0.25) is 20.4 Å². The standard InChI is InChI=1S/C20H16FN3O2S/c21-16-9-7-15(8-10-16)20-22-17(13-27-20)12-19(26)24-23-18(25)11-6-14-4-2-1-3-5-14/h1-11,13H,12H2,(H,23,25)(H,24,26)/b11-6+. The molecule has 136 valence electrons. The van der Waals surface area contributed by atoms with Gasteiger partial charge in [-0.15, -0.1) is 11.3 Å². The summed E-state index contributed by atoms with van der Waals surface area (Å²) >= 11 is 1.37. The summed E-state index contributed by atoms with van der Waals surface area (Å²) in [7, 11) is 0. The molecule has 0 aliphatic carbocycles. The molecule has 2 N–H and O–H groups in total. The average Bonchev–Trinajstić information content (AvgIpc) is 3.14. The van der Waals surface area contributed by atoms with Crippen molar-refractivity contribution in [3.63, 3.8) is 0 Å². The van der Waals surface area contributed by atoms with Crippen LogP contribution in [0.5, 0.6) is 0 Å². The highest BCUT2D eigenvalue weighted by Gasteiger charge is 2.09. The molecule has 1 aromatic heterocycles. The van der Waals surface area contributed by atoms with Crippen molar-refractivity contribution < 1.29 is 14.0 Å². The Bertz CT molecular complexity index is 953. The zero-order valence-corrected chi connectivity index (χ0v) is 15.0. The Morgan fingerprint density at radius 3 is 2.52 bits per heavy atom. The van der Waals surface area contributed by atoms with Crippen LogP contribution in [0.4, 0.5) is 4.39 Å². The van der Waals surface area contributed by atoms with Crippen molar-refractivity contribution >= 4 is 29.2 Å². The molecule has 1 heterocycles. The summed E-state index contributed by atoms with van der Waals surface area (Å²) in [4.78, 5) is 28.0. The summed E-state index contributed by atoms with van der Waals surface area (Å²) in [6.45, 7) is 0. The van der Waals surface area contributed by atoms with Gasteiger partial charge in [0, 0.05) is 17.0 Å². The number of carbonyl (C=O) groups is 2. The highest BCUT2D eigenvalue weighted by Crippen LogP contribution is 2.23. The molecule has 3 rings (SSSR count). The van der Waals surface area contributed by atoms with Gasteiger partial charge in [0.15, 0.2) is 0 Å². The first-order valence-corrected chi connectivity index (χ1v) is 9.00. The van der Waals surface area contributed by atoms with Crippen molar-refractivity contribution in [3.8, 4) is 10.6 Å². The summed E-state index contributed by atoms with van der Waals surface area (Å²) in [5, 5.41) is 2.46. The first kappa shape index (κ1) is 18.5. The Morgan fingerprint density at radius 1 is 1.04 bits per heavy atom. The van der Waals surface area contributed by atoms with E-state index in [1.807, 2.05) is 30.3 Å². The molecule has 3 aromatic rings. The molecule has 27 heavy (non-hydrogen) atoms. The lowest BCUT2D eigenvalue weighted by atomic mass is 10.2. The molecular weight excluding hydrogens is 365 g/mol. The number of hydrazine groups is 1. The summed E-state index contributed by atoms with van der Waals surface area (Å²) in [5.41, 5.74) is 6.92. The Morgan fingerprint density at radius 2 is 1.78 bits per heavy atom. The van der Waals surface area contributed by atoms with Crippen molar-refractivity contribution in [2.24, 2.45) is 0 Å². The monoisotopic (exact) mass is 381 g/mol. The zero-order valence-electron chi connectivity index (χ0n) is 14.2. The third-order valence-corrected chi connectivity index (χ3v) is 4.48. The summed E-state index contributed by atoms with van der Waals surface area (Å²) < 4.78 is 13.0. The van der Waals surface area contributed by atoms with Gasteiger partial charge in [-0.1, -0.05) is 30.3 Å². The molecule has 0 saturated heterocycles. The Balaban J connectivity index is 1.49. The van der Waals surface area contributed by atoms with Crippen LogP contribution in [0.2, 0.25) is 0 Å². The van der Waals surface area contributed by atoms with E-state index in [0.717, 1.165) is 11.1 Å². The van der Waals surface area contributed by atoms with Crippen LogP contribution >= 0.6 is 11.3 Å². The van der Waals surface area contributed by atoms with Crippen LogP contribution < -0.4 is 10.9 Å². The number of nitrogens with zero attached hydrogens (tertiary/aromatic N) is 1. The molecule has 7 heteroatoms. The van der Waals surface area contributed by atoms with Gasteiger partial charge in [0.05, 0.1) is 12.1 Å². The number of carbonyl (C=O) groups excluding carboxylic acids is 2. The number of halogens is 1. The maximum atomic E-state index is 13.0. The average molecular weight is 381 g/mol. The van der Waals surface area contributed by atoms with Crippen molar-refractivity contribution in [2.75, 3.05) is 0 Å². The number of rotatable bonds is 5. The molecule has 2 amide bonds. The van der Waals surface area contributed by atoms with E-state index in [9.17, 15) is 14.0 Å². The minimum absolute atomic E-state index is 0.0281. The number of hydrogen-bond acceptors (Lipinski definition) is 4. The highest BCUT2D eigenvalue weighted by molar-refractivity contribution is 7.13. The fourth-order valence-corrected chi connectivity index (χ4v) is 3.06. The number of aromatic nitrogens is 1. The Kier molecular flexibility index (Phi) is 6.06. The Hall–Kier alpha value is -3.32. The lowest BCUT2D eigenvalue weighted by Crippen LogP contribution is -2.41. The number of hydrogen-bond donors (Lipinski definition) is 2. The van der Waals surface area contributed by atoms with Gasteiger partial charge >= 0.3 is 0 Å². The fraction of sp³-hybridized carbons (Fsp3) is 0.0500. The summed E-state index contributed by atoms with van der Waals surface area (Å²) in [6.07, 6.45) is 3.02. The number of benzene rings is 2. The number of thiazole rings is 1. The van der Waals surface area contributed by atoms with Crippen LogP contribution in [0, 0.1) is 5.82 Å². The molecule has 0 atom stereocenters. The van der Waals surface area contributed by atoms with Gasteiger partial charge in [0.2, 0.25) is 5.91 Å². The molecule has 0 fully saturated rings. The minimum Gasteiger partial charge on any atom is -0.273 e. The van der Waals surface area contributed by atoms with E-state index in [-0.39, 0.29) is 18.1 Å². The molecule has 0 radical (unpaired) electrons. The molecule has 0 bridgehead atoms. The molecule has 5 nitrogen and oxygen atoms in total. The molecule has 0 aliphatic heterocycles. The van der Waals surface area contributed by atoms with Gasteiger partial charge in [0.1, 0.15) is 10.8 Å². The predicted octanol–water partition coefficient (Wildman–Crippen LogP) is 3.35. The van der Waals surface area contributed by atoms with Crippen LogP contribution in [-0.2, 0) is 16.0 Å². The third-order valence-electron chi connectivity index (χ3n) is 3.54. The van der Waals surface area contributed by atoms with Crippen LogP contribution in [0.25, 0.3) is 16.6 Å². The SMILES string of the molecule is O=C(/C=C/c1ccccc1)NNC(=O)Cc1csc(-c2ccc(F)cc2)n1. The van der Waals surface area contributed by atoms with Crippen molar-refractivity contribution in [2.45, 2.75) is 6.42 Å². The second-order valence-corrected chi connectivity index (χ2v) is 6.47. The Labute approximate surface area is 159 Å². The van der Waals surface area contributed by atoms with E-state index >= 15 is 0 Å². The second kappa shape index (κ2) is 8.86. The fourth-order valence-electron chi connectivity index (χ4n) is 2.23. The smallest absolute Gasteiger partial charge is 0.262 e. The van der Waals surface area contributed by atoms with Crippen LogP contribution in [0.3, 0.4) is 0 Å². The van der Waals surface area contributed by atoms with Crippen LogP contribution in [0.15, 0.2) is 66.1 Å². The van der Waals surface area contributed by atoms with E-state index in [1.165, 1.54) is 29.5 Å². The number of amides is 2. The molecule has 0 unspecified atom stereocenters. The third kappa shape index (κ3) is 5.58. The van der Waals surface area contributed by atoms with Crippen LogP contribution in [-0.4, -0.2) is 16.8 Å². The van der Waals surface area contributed by atoms with E-state index in [0.29, 0.717) is 10.7 Å². The topological polar surface area (TPSA) is 71.1 Å². The summed E-state index contributed by atoms with van der Waals surface area (Å²) in [5.74, 6) is -1.13. The summed E-state index contributed by atoms with van der Waals surface area (Å²) in [6, 6.07) is 15.4. The van der Waals surface area contributed by atoms with Crippen molar-refractivity contribution in [1.82, 2.24) is 15.8 Å². The first-order valence-electron chi connectivity index (χ1n) is 8.12. The maximum Gasteiger partial charge on any atom is 0.262 e. The minimum atomic E-state index is -0.433. The maximum absolute atomic E-state index is 13.0. The van der Waals surface area contributed by atoms with Crippen molar-refractivity contribution in [3.05, 3.63) is 83.1 Å². The quantitative estimate of drug-likeness (QED) is 0.526. The predicted molar refractivity (Wildman–Crippen MR) is 103 cm³/mol. The largest absolute Gasteiger partial charge is 0.273 e. The normalized spacial score (nSPS) is 10.7. The lowest BCUT2D eigenvalue weighted by molar-refractivity contribution is -0.126. The molecule has 2 aromatic carbocycles. The first-order chi connectivity index (χ1) is 13.1. The highest BCUT2D eigenvalue weighted by atomic mass is 32.1. The zero-order chi connectivity index (χ0) is 19.1. The molecule has 0 spiro atoms. The second-order valence-electron chi connectivity index (χ2n) is 5.61. The molecule has 0 aliphatic rings. The van der Waals surface area contributed by atoms with E-state index in [1.54, 1.807) is 23.6 Å². The number of nitrogens with one attached hydrogen (secondary N) is 2. The molecular formula is C20H16FN3O2S. The van der Waals surface area contributed by atoms with Gasteiger partial charge in [0.25, 0.3) is 5.91 Å². The van der Waals surface area contributed by atoms with Gasteiger partial charge in [-0.2, -0.15) is 0 Å². The van der Waals surface area contributed by atoms with E-state index < -0.39 is 5.91 Å². The molecule has 0 saturated carbocycles.